The van der Waals surface area contributed by atoms with Crippen molar-refractivity contribution in [3.8, 4) is 0 Å². The fourth-order valence-corrected chi connectivity index (χ4v) is 6.73. The zero-order chi connectivity index (χ0) is 30.6. The van der Waals surface area contributed by atoms with Gasteiger partial charge in [-0.15, -0.1) is 0 Å². The molecule has 1 spiro atoms. The number of hydrogen-bond donors (Lipinski definition) is 2. The van der Waals surface area contributed by atoms with E-state index in [0.29, 0.717) is 45.2 Å². The molecule has 0 saturated carbocycles. The zero-order valence-corrected chi connectivity index (χ0v) is 26.6. The first-order chi connectivity index (χ1) is 20.6. The maximum Gasteiger partial charge on any atom is 0.255 e. The maximum absolute atomic E-state index is 13.4. The van der Waals surface area contributed by atoms with Gasteiger partial charge in [0.25, 0.3) is 11.8 Å². The van der Waals surface area contributed by atoms with Crippen molar-refractivity contribution in [2.45, 2.75) is 32.1 Å². The molecule has 2 fully saturated rings. The highest BCUT2D eigenvalue weighted by Gasteiger charge is 2.41. The number of benzene rings is 3. The molecule has 6 nitrogen and oxygen atoms in total. The summed E-state index contributed by atoms with van der Waals surface area (Å²) >= 11 is 12.3. The fourth-order valence-electron chi connectivity index (χ4n) is 6.23. The van der Waals surface area contributed by atoms with Crippen LogP contribution in [0.2, 0.25) is 10.0 Å². The van der Waals surface area contributed by atoms with Crippen molar-refractivity contribution in [2.75, 3.05) is 57.0 Å². The summed E-state index contributed by atoms with van der Waals surface area (Å²) in [4.78, 5) is 29.0. The Bertz CT molecular complexity index is 1500. The molecule has 0 aromatic heterocycles. The Morgan fingerprint density at radius 2 is 1.65 bits per heavy atom. The lowest BCUT2D eigenvalue weighted by Gasteiger charge is -2.49. The molecule has 0 aliphatic carbocycles. The zero-order valence-electron chi connectivity index (χ0n) is 25.1. The van der Waals surface area contributed by atoms with Gasteiger partial charge in [0.2, 0.25) is 0 Å². The van der Waals surface area contributed by atoms with Crippen LogP contribution in [0.25, 0.3) is 6.08 Å². The number of quaternary nitrogens is 1. The molecule has 3 aromatic carbocycles. The minimum absolute atomic E-state index is 0.207. The van der Waals surface area contributed by atoms with Gasteiger partial charge >= 0.3 is 0 Å². The van der Waals surface area contributed by atoms with Crippen molar-refractivity contribution in [1.29, 1.82) is 0 Å². The molecular formula is C35H41Cl2N4O2+. The van der Waals surface area contributed by atoms with Gasteiger partial charge in [-0.3, -0.25) is 9.59 Å². The van der Waals surface area contributed by atoms with Gasteiger partial charge < -0.3 is 20.0 Å². The number of halogens is 2. The van der Waals surface area contributed by atoms with Crippen LogP contribution in [0.4, 0.5) is 11.4 Å². The second kappa shape index (κ2) is 13.1. The predicted octanol–water partition coefficient (Wildman–Crippen LogP) is 7.32. The Kier molecular flexibility index (Phi) is 9.50. The SMILES string of the molecule is C=Cc1cccc(C(=O)Nc2cc(C(=O)NCCc3ccc(Cl)cc3Cl)ccc2N2CCC3(CC2)CC[N+](C)(C)CC3)c1. The van der Waals surface area contributed by atoms with Gasteiger partial charge in [0.05, 0.1) is 38.6 Å². The molecule has 3 aromatic rings. The molecule has 0 atom stereocenters. The first-order valence-electron chi connectivity index (χ1n) is 15.0. The molecule has 2 aliphatic rings. The van der Waals surface area contributed by atoms with Crippen molar-refractivity contribution in [2.24, 2.45) is 5.41 Å². The van der Waals surface area contributed by atoms with Crippen LogP contribution in [-0.2, 0) is 6.42 Å². The number of carbonyl (C=O) groups excluding carboxylic acids is 2. The highest BCUT2D eigenvalue weighted by atomic mass is 35.5. The predicted molar refractivity (Wildman–Crippen MR) is 178 cm³/mol. The molecule has 8 heteroatoms. The number of nitrogens with zero attached hydrogens (tertiary/aromatic N) is 2. The van der Waals surface area contributed by atoms with E-state index in [2.05, 4.69) is 36.2 Å². The van der Waals surface area contributed by atoms with Crippen LogP contribution >= 0.6 is 23.2 Å². The third-order valence-corrected chi connectivity index (χ3v) is 9.83. The molecule has 0 unspecified atom stereocenters. The number of carbonyl (C=O) groups is 2. The molecule has 2 amide bonds. The number of likely N-dealkylation sites (tertiary alicyclic amines) is 1. The Morgan fingerprint density at radius 3 is 2.35 bits per heavy atom. The highest BCUT2D eigenvalue weighted by Crippen LogP contribution is 2.44. The Hall–Kier alpha value is -3.32. The van der Waals surface area contributed by atoms with Crippen LogP contribution < -0.4 is 15.5 Å². The van der Waals surface area contributed by atoms with Crippen LogP contribution in [0, 0.1) is 5.41 Å². The molecule has 2 N–H and O–H groups in total. The van der Waals surface area contributed by atoms with E-state index in [1.807, 2.05) is 36.4 Å². The van der Waals surface area contributed by atoms with Crippen molar-refractivity contribution >= 4 is 52.5 Å². The topological polar surface area (TPSA) is 61.4 Å². The van der Waals surface area contributed by atoms with Gasteiger partial charge in [-0.25, -0.2) is 0 Å². The van der Waals surface area contributed by atoms with E-state index < -0.39 is 0 Å². The van der Waals surface area contributed by atoms with Gasteiger partial charge in [0.1, 0.15) is 0 Å². The van der Waals surface area contributed by atoms with Crippen molar-refractivity contribution in [3.05, 3.63) is 99.5 Å². The smallest absolute Gasteiger partial charge is 0.255 e. The number of nitrogens with one attached hydrogen (secondary N) is 2. The van der Waals surface area contributed by atoms with Crippen molar-refractivity contribution < 1.29 is 14.1 Å². The lowest BCUT2D eigenvalue weighted by Crippen LogP contribution is -2.52. The summed E-state index contributed by atoms with van der Waals surface area (Å²) in [5.74, 6) is -0.429. The van der Waals surface area contributed by atoms with E-state index in [1.165, 1.54) is 25.9 Å². The number of anilines is 2. The van der Waals surface area contributed by atoms with E-state index in [1.54, 1.807) is 30.3 Å². The van der Waals surface area contributed by atoms with E-state index >= 15 is 0 Å². The average Bonchev–Trinajstić information content (AvgIpc) is 3.00. The molecule has 43 heavy (non-hydrogen) atoms. The molecule has 0 radical (unpaired) electrons. The lowest BCUT2D eigenvalue weighted by molar-refractivity contribution is -0.897. The number of hydrogen-bond acceptors (Lipinski definition) is 3. The summed E-state index contributed by atoms with van der Waals surface area (Å²) < 4.78 is 1.10. The highest BCUT2D eigenvalue weighted by molar-refractivity contribution is 6.35. The first kappa shape index (κ1) is 31.1. The Labute approximate surface area is 265 Å². The van der Waals surface area contributed by atoms with E-state index in [0.717, 1.165) is 47.2 Å². The molecule has 5 rings (SSSR count). The standard InChI is InChI=1S/C35H40Cl2N4O2/c1-4-25-6-5-7-27(22-25)34(43)39-31-23-28(33(42)38-17-12-26-8-10-29(36)24-30(26)37)9-11-32(31)40-18-13-35(14-19-40)15-20-41(2,3)21-16-35/h4-11,22-24H,1,12-21H2,2-3H3,(H-,38,39,42,43)/p+1. The van der Waals surface area contributed by atoms with Crippen LogP contribution in [0.3, 0.4) is 0 Å². The van der Waals surface area contributed by atoms with Gasteiger partial charge in [0, 0.05) is 53.6 Å². The summed E-state index contributed by atoms with van der Waals surface area (Å²) in [6, 6.07) is 18.3. The Balaban J connectivity index is 1.33. The summed E-state index contributed by atoms with van der Waals surface area (Å²) in [5, 5.41) is 7.27. The minimum atomic E-state index is -0.222. The maximum atomic E-state index is 13.4. The monoisotopic (exact) mass is 619 g/mol. The Morgan fingerprint density at radius 1 is 0.930 bits per heavy atom. The van der Waals surface area contributed by atoms with E-state index in [-0.39, 0.29) is 11.8 Å². The largest absolute Gasteiger partial charge is 0.370 e. The molecule has 0 bridgehead atoms. The average molecular weight is 621 g/mol. The summed E-state index contributed by atoms with van der Waals surface area (Å²) in [6.45, 7) is 8.53. The van der Waals surface area contributed by atoms with E-state index in [9.17, 15) is 9.59 Å². The third kappa shape index (κ3) is 7.61. The van der Waals surface area contributed by atoms with Crippen LogP contribution in [0.5, 0.6) is 0 Å². The van der Waals surface area contributed by atoms with Gasteiger partial charge in [-0.1, -0.05) is 54.1 Å². The summed E-state index contributed by atoms with van der Waals surface area (Å²) in [5.41, 5.74) is 4.81. The molecular weight excluding hydrogens is 579 g/mol. The van der Waals surface area contributed by atoms with Gasteiger partial charge in [-0.2, -0.15) is 0 Å². The third-order valence-electron chi connectivity index (χ3n) is 9.25. The quantitative estimate of drug-likeness (QED) is 0.260. The number of piperidine rings is 2. The molecule has 2 heterocycles. The number of amides is 2. The normalized spacial score (nSPS) is 17.3. The number of rotatable bonds is 8. The summed E-state index contributed by atoms with van der Waals surface area (Å²) in [6.07, 6.45) is 7.09. The van der Waals surface area contributed by atoms with Crippen LogP contribution in [-0.4, -0.2) is 63.1 Å². The van der Waals surface area contributed by atoms with Gasteiger partial charge in [0.15, 0.2) is 0 Å². The van der Waals surface area contributed by atoms with Crippen LogP contribution in [0.1, 0.15) is 57.5 Å². The lowest BCUT2D eigenvalue weighted by atomic mass is 9.70. The second-order valence-electron chi connectivity index (χ2n) is 12.6. The molecule has 226 valence electrons. The molecule has 2 aliphatic heterocycles. The van der Waals surface area contributed by atoms with E-state index in [4.69, 9.17) is 23.2 Å². The van der Waals surface area contributed by atoms with Crippen LogP contribution in [0.15, 0.2) is 67.2 Å². The van der Waals surface area contributed by atoms with Crippen molar-refractivity contribution in [3.63, 3.8) is 0 Å². The minimum Gasteiger partial charge on any atom is -0.370 e. The second-order valence-corrected chi connectivity index (χ2v) is 13.5. The fraction of sp³-hybridized carbons (Fsp3) is 0.371. The molecule has 2 saturated heterocycles. The first-order valence-corrected chi connectivity index (χ1v) is 15.8. The van der Waals surface area contributed by atoms with Crippen molar-refractivity contribution in [1.82, 2.24) is 5.32 Å². The summed E-state index contributed by atoms with van der Waals surface area (Å²) in [7, 11) is 4.65. The van der Waals surface area contributed by atoms with Gasteiger partial charge in [-0.05, 0) is 78.3 Å².